The molecule has 2 aliphatic rings. The Bertz CT molecular complexity index is 211. The van der Waals surface area contributed by atoms with Gasteiger partial charge in [-0.1, -0.05) is 39.0 Å². The van der Waals surface area contributed by atoms with Gasteiger partial charge in [0.05, 0.1) is 0 Å². The molecule has 2 atom stereocenters. The molecule has 2 N–H and O–H groups in total. The highest BCUT2D eigenvalue weighted by molar-refractivity contribution is 4.85. The van der Waals surface area contributed by atoms with Gasteiger partial charge in [-0.05, 0) is 31.6 Å². The average Bonchev–Trinajstić information content (AvgIpc) is 2.37. The molecule has 2 unspecified atom stereocenters. The second-order valence-corrected chi connectivity index (χ2v) is 6.24. The van der Waals surface area contributed by atoms with Gasteiger partial charge in [0.15, 0.2) is 0 Å². The van der Waals surface area contributed by atoms with E-state index in [1.165, 1.54) is 57.8 Å². The van der Waals surface area contributed by atoms with E-state index in [1.54, 1.807) is 0 Å². The van der Waals surface area contributed by atoms with Crippen LogP contribution in [-0.4, -0.2) is 30.1 Å². The molecule has 0 spiro atoms. The summed E-state index contributed by atoms with van der Waals surface area (Å²) in [4.78, 5) is 2.79. The van der Waals surface area contributed by atoms with E-state index in [2.05, 4.69) is 11.8 Å². The molecule has 17 heavy (non-hydrogen) atoms. The molecule has 2 rings (SSSR count). The van der Waals surface area contributed by atoms with Crippen LogP contribution in [0.2, 0.25) is 0 Å². The lowest BCUT2D eigenvalue weighted by Gasteiger charge is -2.42. The van der Waals surface area contributed by atoms with Gasteiger partial charge in [0.1, 0.15) is 0 Å². The minimum atomic E-state index is 0.835. The molecular weight excluding hydrogens is 208 g/mol. The lowest BCUT2D eigenvalue weighted by molar-refractivity contribution is 0.0717. The molecule has 0 aromatic rings. The van der Waals surface area contributed by atoms with Gasteiger partial charge in [0, 0.05) is 25.2 Å². The quantitative estimate of drug-likeness (QED) is 0.815. The molecular formula is C15H30N2. The van der Waals surface area contributed by atoms with Crippen molar-refractivity contribution in [2.45, 2.75) is 76.8 Å². The number of hydrogen-bond acceptors (Lipinski definition) is 2. The number of rotatable bonds is 4. The Morgan fingerprint density at radius 2 is 1.65 bits per heavy atom. The zero-order chi connectivity index (χ0) is 12.1. The van der Waals surface area contributed by atoms with Crippen molar-refractivity contribution in [3.63, 3.8) is 0 Å². The summed E-state index contributed by atoms with van der Waals surface area (Å²) in [5, 5.41) is 0. The molecule has 2 saturated carbocycles. The van der Waals surface area contributed by atoms with Crippen LogP contribution in [0.25, 0.3) is 0 Å². The number of nitrogens with zero attached hydrogens (tertiary/aromatic N) is 1. The Morgan fingerprint density at radius 3 is 2.29 bits per heavy atom. The molecule has 0 aromatic carbocycles. The highest BCUT2D eigenvalue weighted by atomic mass is 15.2. The minimum Gasteiger partial charge on any atom is -0.329 e. The smallest absolute Gasteiger partial charge is 0.0110 e. The summed E-state index contributed by atoms with van der Waals surface area (Å²) in [5.74, 6) is 0.928. The van der Waals surface area contributed by atoms with Crippen LogP contribution in [0.3, 0.4) is 0 Å². The third kappa shape index (κ3) is 3.69. The Kier molecular flexibility index (Phi) is 5.30. The van der Waals surface area contributed by atoms with Crippen molar-refractivity contribution in [3.05, 3.63) is 0 Å². The van der Waals surface area contributed by atoms with E-state index in [0.29, 0.717) is 0 Å². The second kappa shape index (κ2) is 6.75. The van der Waals surface area contributed by atoms with E-state index < -0.39 is 0 Å². The summed E-state index contributed by atoms with van der Waals surface area (Å²) >= 11 is 0. The Morgan fingerprint density at radius 1 is 0.941 bits per heavy atom. The molecule has 0 saturated heterocycles. The summed E-state index contributed by atoms with van der Waals surface area (Å²) in [6.45, 7) is 4.39. The number of hydrogen-bond donors (Lipinski definition) is 1. The van der Waals surface area contributed by atoms with Gasteiger partial charge in [-0.15, -0.1) is 0 Å². The van der Waals surface area contributed by atoms with Crippen molar-refractivity contribution < 1.29 is 0 Å². The first-order valence-electron chi connectivity index (χ1n) is 7.77. The van der Waals surface area contributed by atoms with Gasteiger partial charge in [-0.2, -0.15) is 0 Å². The molecule has 0 aromatic heterocycles. The van der Waals surface area contributed by atoms with Gasteiger partial charge in [0.25, 0.3) is 0 Å². The third-order valence-corrected chi connectivity index (χ3v) is 4.81. The molecule has 2 heteroatoms. The third-order valence-electron chi connectivity index (χ3n) is 4.81. The van der Waals surface area contributed by atoms with Gasteiger partial charge in [-0.25, -0.2) is 0 Å². The van der Waals surface area contributed by atoms with Crippen molar-refractivity contribution in [2.75, 3.05) is 13.1 Å². The fourth-order valence-electron chi connectivity index (χ4n) is 3.93. The van der Waals surface area contributed by atoms with E-state index in [9.17, 15) is 0 Å². The molecule has 2 nitrogen and oxygen atoms in total. The summed E-state index contributed by atoms with van der Waals surface area (Å²) in [5.41, 5.74) is 5.84. The van der Waals surface area contributed by atoms with Gasteiger partial charge in [0.2, 0.25) is 0 Å². The molecule has 0 amide bonds. The predicted octanol–water partition coefficient (Wildman–Crippen LogP) is 3.16. The summed E-state index contributed by atoms with van der Waals surface area (Å²) in [7, 11) is 0. The lowest BCUT2D eigenvalue weighted by atomic mass is 9.84. The molecule has 0 aliphatic heterocycles. The van der Waals surface area contributed by atoms with Crippen LogP contribution in [0.4, 0.5) is 0 Å². The second-order valence-electron chi connectivity index (χ2n) is 6.24. The molecule has 2 fully saturated rings. The Labute approximate surface area is 107 Å². The highest BCUT2D eigenvalue weighted by Crippen LogP contribution is 2.32. The monoisotopic (exact) mass is 238 g/mol. The average molecular weight is 238 g/mol. The predicted molar refractivity (Wildman–Crippen MR) is 74.1 cm³/mol. The van der Waals surface area contributed by atoms with E-state index in [4.69, 9.17) is 5.73 Å². The van der Waals surface area contributed by atoms with Crippen molar-refractivity contribution in [3.8, 4) is 0 Å². The maximum absolute atomic E-state index is 5.84. The molecule has 100 valence electrons. The SMILES string of the molecule is CC1CCCC(N(CCN)C2CCCCC2)C1. The van der Waals surface area contributed by atoms with Gasteiger partial charge in [-0.3, -0.25) is 4.90 Å². The standard InChI is InChI=1S/C15H30N2/c1-13-6-5-9-15(12-13)17(11-10-16)14-7-3-2-4-8-14/h13-15H,2-12,16H2,1H3. The fraction of sp³-hybridized carbons (Fsp3) is 1.00. The molecule has 0 radical (unpaired) electrons. The summed E-state index contributed by atoms with van der Waals surface area (Å²) < 4.78 is 0. The molecule has 0 bridgehead atoms. The summed E-state index contributed by atoms with van der Waals surface area (Å²) in [6, 6.07) is 1.69. The lowest BCUT2D eigenvalue weighted by Crippen LogP contribution is -2.48. The maximum atomic E-state index is 5.84. The van der Waals surface area contributed by atoms with Gasteiger partial charge >= 0.3 is 0 Å². The maximum Gasteiger partial charge on any atom is 0.0110 e. The largest absolute Gasteiger partial charge is 0.329 e. The zero-order valence-electron chi connectivity index (χ0n) is 11.5. The molecule has 2 aliphatic carbocycles. The minimum absolute atomic E-state index is 0.835. The Balaban J connectivity index is 1.94. The van der Waals surface area contributed by atoms with E-state index >= 15 is 0 Å². The van der Waals surface area contributed by atoms with E-state index in [1.807, 2.05) is 0 Å². The van der Waals surface area contributed by atoms with Crippen LogP contribution < -0.4 is 5.73 Å². The summed E-state index contributed by atoms with van der Waals surface area (Å²) in [6.07, 6.45) is 12.9. The highest BCUT2D eigenvalue weighted by Gasteiger charge is 2.29. The van der Waals surface area contributed by atoms with Crippen LogP contribution in [0.5, 0.6) is 0 Å². The van der Waals surface area contributed by atoms with Crippen molar-refractivity contribution in [1.82, 2.24) is 4.90 Å². The van der Waals surface area contributed by atoms with Crippen molar-refractivity contribution >= 4 is 0 Å². The number of nitrogens with two attached hydrogens (primary N) is 1. The van der Waals surface area contributed by atoms with E-state index in [0.717, 1.165) is 31.1 Å². The normalized spacial score (nSPS) is 31.9. The van der Waals surface area contributed by atoms with E-state index in [-0.39, 0.29) is 0 Å². The van der Waals surface area contributed by atoms with Crippen LogP contribution in [0.1, 0.15) is 64.7 Å². The van der Waals surface area contributed by atoms with Crippen LogP contribution in [0, 0.1) is 5.92 Å². The van der Waals surface area contributed by atoms with Crippen molar-refractivity contribution in [1.29, 1.82) is 0 Å². The van der Waals surface area contributed by atoms with Gasteiger partial charge < -0.3 is 5.73 Å². The topological polar surface area (TPSA) is 29.3 Å². The van der Waals surface area contributed by atoms with Crippen LogP contribution >= 0.6 is 0 Å². The first kappa shape index (κ1) is 13.4. The first-order valence-corrected chi connectivity index (χ1v) is 7.77. The van der Waals surface area contributed by atoms with Crippen molar-refractivity contribution in [2.24, 2.45) is 11.7 Å². The zero-order valence-corrected chi connectivity index (χ0v) is 11.5. The molecule has 0 heterocycles. The Hall–Kier alpha value is -0.0800. The first-order chi connectivity index (χ1) is 8.31. The fourth-order valence-corrected chi connectivity index (χ4v) is 3.93. The van der Waals surface area contributed by atoms with Crippen LogP contribution in [0.15, 0.2) is 0 Å². The van der Waals surface area contributed by atoms with Crippen LogP contribution in [-0.2, 0) is 0 Å².